The van der Waals surface area contributed by atoms with Crippen molar-refractivity contribution in [1.29, 1.82) is 0 Å². The summed E-state index contributed by atoms with van der Waals surface area (Å²) in [5, 5.41) is 0. The van der Waals surface area contributed by atoms with E-state index in [0.29, 0.717) is 11.5 Å². The molecule has 0 bridgehead atoms. The summed E-state index contributed by atoms with van der Waals surface area (Å²) in [5.41, 5.74) is 15.3. The monoisotopic (exact) mass is 199 g/mol. The Balaban J connectivity index is 2.54. The van der Waals surface area contributed by atoms with Gasteiger partial charge in [-0.05, 0) is 18.6 Å². The van der Waals surface area contributed by atoms with Crippen molar-refractivity contribution in [1.82, 2.24) is 4.98 Å². The van der Waals surface area contributed by atoms with Crippen molar-refractivity contribution in [2.24, 2.45) is 0 Å². The molecule has 3 heteroatoms. The molecule has 76 valence electrons. The number of nitrogens with zero attached hydrogens (tertiary/aromatic N) is 1. The van der Waals surface area contributed by atoms with Crippen LogP contribution in [-0.4, -0.2) is 4.98 Å². The Bertz CT molecular complexity index is 475. The van der Waals surface area contributed by atoms with Crippen LogP contribution in [-0.2, 0) is 0 Å². The largest absolute Gasteiger partial charge is 0.395 e. The van der Waals surface area contributed by atoms with Crippen LogP contribution in [0, 0.1) is 6.92 Å². The van der Waals surface area contributed by atoms with Gasteiger partial charge in [-0.1, -0.05) is 29.8 Å². The molecule has 1 aromatic carbocycles. The maximum absolute atomic E-state index is 5.87. The molecule has 0 amide bonds. The van der Waals surface area contributed by atoms with Crippen LogP contribution in [0.15, 0.2) is 36.5 Å². The van der Waals surface area contributed by atoms with E-state index in [4.69, 9.17) is 11.5 Å². The van der Waals surface area contributed by atoms with Crippen LogP contribution in [0.5, 0.6) is 0 Å². The summed E-state index contributed by atoms with van der Waals surface area (Å²) in [6.07, 6.45) is 1.67. The maximum Gasteiger partial charge on any atom is 0.147 e. The fourth-order valence-corrected chi connectivity index (χ4v) is 1.47. The second-order valence-corrected chi connectivity index (χ2v) is 3.52. The molecule has 1 aromatic heterocycles. The molecule has 3 nitrogen and oxygen atoms in total. The summed E-state index contributed by atoms with van der Waals surface area (Å²) in [6, 6.07) is 10.0. The van der Waals surface area contributed by atoms with Gasteiger partial charge in [0, 0.05) is 11.8 Å². The number of benzene rings is 1. The summed E-state index contributed by atoms with van der Waals surface area (Å²) in [5.74, 6) is 0.382. The average Bonchev–Trinajstić information content (AvgIpc) is 2.24. The number of aromatic nitrogens is 1. The highest BCUT2D eigenvalue weighted by molar-refractivity contribution is 5.82. The Morgan fingerprint density at radius 3 is 2.33 bits per heavy atom. The van der Waals surface area contributed by atoms with Gasteiger partial charge in [-0.15, -0.1) is 0 Å². The first-order chi connectivity index (χ1) is 7.18. The van der Waals surface area contributed by atoms with Crippen molar-refractivity contribution in [2.45, 2.75) is 6.92 Å². The molecule has 0 aliphatic rings. The lowest BCUT2D eigenvalue weighted by Crippen LogP contribution is -1.99. The Morgan fingerprint density at radius 1 is 1.00 bits per heavy atom. The van der Waals surface area contributed by atoms with Crippen molar-refractivity contribution in [3.63, 3.8) is 0 Å². The van der Waals surface area contributed by atoms with E-state index in [1.54, 1.807) is 6.20 Å². The van der Waals surface area contributed by atoms with Gasteiger partial charge in [0.25, 0.3) is 0 Å². The fourth-order valence-electron chi connectivity index (χ4n) is 1.47. The predicted molar refractivity (Wildman–Crippen MR) is 63.2 cm³/mol. The van der Waals surface area contributed by atoms with Crippen molar-refractivity contribution in [2.75, 3.05) is 11.5 Å². The minimum atomic E-state index is 0.382. The molecule has 0 saturated heterocycles. The minimum Gasteiger partial charge on any atom is -0.395 e. The maximum atomic E-state index is 5.87. The first kappa shape index (κ1) is 9.52. The Kier molecular flexibility index (Phi) is 2.29. The topological polar surface area (TPSA) is 64.9 Å². The van der Waals surface area contributed by atoms with Gasteiger partial charge in [-0.2, -0.15) is 0 Å². The van der Waals surface area contributed by atoms with Gasteiger partial charge in [0.15, 0.2) is 0 Å². The number of rotatable bonds is 1. The zero-order valence-electron chi connectivity index (χ0n) is 8.57. The van der Waals surface area contributed by atoms with Gasteiger partial charge in [0.2, 0.25) is 0 Å². The van der Waals surface area contributed by atoms with E-state index in [-0.39, 0.29) is 0 Å². The molecule has 0 atom stereocenters. The van der Waals surface area contributed by atoms with Gasteiger partial charge >= 0.3 is 0 Å². The van der Waals surface area contributed by atoms with Crippen LogP contribution in [0.25, 0.3) is 11.1 Å². The zero-order valence-corrected chi connectivity index (χ0v) is 8.57. The van der Waals surface area contributed by atoms with E-state index in [1.165, 1.54) is 5.56 Å². The lowest BCUT2D eigenvalue weighted by molar-refractivity contribution is 1.34. The number of aryl methyl sites for hydroxylation is 1. The molecule has 15 heavy (non-hydrogen) atoms. The first-order valence-electron chi connectivity index (χ1n) is 4.75. The number of hydrogen-bond donors (Lipinski definition) is 2. The molecule has 0 aliphatic carbocycles. The van der Waals surface area contributed by atoms with Crippen LogP contribution >= 0.6 is 0 Å². The van der Waals surface area contributed by atoms with Gasteiger partial charge in [0.05, 0.1) is 5.69 Å². The fraction of sp³-hybridized carbons (Fsp3) is 0.0833. The van der Waals surface area contributed by atoms with Crippen molar-refractivity contribution in [3.05, 3.63) is 42.1 Å². The minimum absolute atomic E-state index is 0.382. The van der Waals surface area contributed by atoms with Crippen molar-refractivity contribution >= 4 is 11.5 Å². The third-order valence-electron chi connectivity index (χ3n) is 2.38. The van der Waals surface area contributed by atoms with Gasteiger partial charge in [-0.3, -0.25) is 0 Å². The molecule has 2 rings (SSSR count). The molecule has 1 heterocycles. The Morgan fingerprint density at radius 2 is 1.67 bits per heavy atom. The molecule has 2 aromatic rings. The molecule has 0 saturated carbocycles. The van der Waals surface area contributed by atoms with Crippen molar-refractivity contribution < 1.29 is 0 Å². The quantitative estimate of drug-likeness (QED) is 0.740. The zero-order chi connectivity index (χ0) is 10.8. The molecule has 0 unspecified atom stereocenters. The second kappa shape index (κ2) is 3.61. The third-order valence-corrected chi connectivity index (χ3v) is 2.38. The predicted octanol–water partition coefficient (Wildman–Crippen LogP) is 2.22. The summed E-state index contributed by atoms with van der Waals surface area (Å²) in [4.78, 5) is 3.94. The van der Waals surface area contributed by atoms with Gasteiger partial charge < -0.3 is 11.5 Å². The average molecular weight is 199 g/mol. The highest BCUT2D eigenvalue weighted by Gasteiger charge is 2.04. The number of anilines is 2. The van der Waals surface area contributed by atoms with Crippen LogP contribution in [0.3, 0.4) is 0 Å². The standard InChI is InChI=1S/C12H13N3/c1-8-2-4-9(5-3-8)10-6-7-15-12(14)11(10)13/h2-7H,13H2,1H3,(H2,14,15). The lowest BCUT2D eigenvalue weighted by atomic mass is 10.0. The summed E-state index contributed by atoms with van der Waals surface area (Å²) in [6.45, 7) is 2.05. The normalized spacial score (nSPS) is 10.2. The SMILES string of the molecule is Cc1ccc(-c2ccnc(N)c2N)cc1. The van der Waals surface area contributed by atoms with E-state index >= 15 is 0 Å². The first-order valence-corrected chi connectivity index (χ1v) is 4.75. The molecule has 4 N–H and O–H groups in total. The van der Waals surface area contributed by atoms with E-state index < -0.39 is 0 Å². The van der Waals surface area contributed by atoms with Crippen LogP contribution in [0.4, 0.5) is 11.5 Å². The van der Waals surface area contributed by atoms with E-state index in [1.807, 2.05) is 37.3 Å². The number of pyridine rings is 1. The second-order valence-electron chi connectivity index (χ2n) is 3.52. The van der Waals surface area contributed by atoms with Crippen LogP contribution < -0.4 is 11.5 Å². The van der Waals surface area contributed by atoms with E-state index in [0.717, 1.165) is 11.1 Å². The number of nitrogens with two attached hydrogens (primary N) is 2. The molecule has 0 aliphatic heterocycles. The highest BCUT2D eigenvalue weighted by atomic mass is 14.9. The summed E-state index contributed by atoms with van der Waals surface area (Å²) >= 11 is 0. The molecular weight excluding hydrogens is 186 g/mol. The van der Waals surface area contributed by atoms with Crippen LogP contribution in [0.2, 0.25) is 0 Å². The molecule has 0 radical (unpaired) electrons. The Labute approximate surface area is 88.8 Å². The van der Waals surface area contributed by atoms with Gasteiger partial charge in [-0.25, -0.2) is 4.98 Å². The molecule has 0 fully saturated rings. The van der Waals surface area contributed by atoms with Gasteiger partial charge in [0.1, 0.15) is 5.82 Å². The molecule has 0 spiro atoms. The van der Waals surface area contributed by atoms with E-state index in [2.05, 4.69) is 4.98 Å². The van der Waals surface area contributed by atoms with E-state index in [9.17, 15) is 0 Å². The number of nitrogen functional groups attached to an aromatic ring is 2. The van der Waals surface area contributed by atoms with Crippen LogP contribution in [0.1, 0.15) is 5.56 Å². The third kappa shape index (κ3) is 1.76. The smallest absolute Gasteiger partial charge is 0.147 e. The summed E-state index contributed by atoms with van der Waals surface area (Å²) in [7, 11) is 0. The molecular formula is C12H13N3. The summed E-state index contributed by atoms with van der Waals surface area (Å²) < 4.78 is 0. The van der Waals surface area contributed by atoms with Crippen molar-refractivity contribution in [3.8, 4) is 11.1 Å². The Hall–Kier alpha value is -2.03. The highest BCUT2D eigenvalue weighted by Crippen LogP contribution is 2.28. The lowest BCUT2D eigenvalue weighted by Gasteiger charge is -2.07. The number of hydrogen-bond acceptors (Lipinski definition) is 3.